The largest absolute Gasteiger partial charge is 1.00 e. The molecule has 0 amide bonds. The summed E-state index contributed by atoms with van der Waals surface area (Å²) in [6, 6.07) is 6.14. The molecule has 0 fully saturated rings. The normalized spacial score (nSPS) is 13.8. The summed E-state index contributed by atoms with van der Waals surface area (Å²) in [4.78, 5) is 14.8. The molecular weight excluding hydrogens is 549 g/mol. The third-order valence-electron chi connectivity index (χ3n) is 5.98. The molecule has 0 bridgehead atoms. The van der Waals surface area contributed by atoms with Crippen molar-refractivity contribution in [2.45, 2.75) is 38.2 Å². The van der Waals surface area contributed by atoms with Gasteiger partial charge >= 0.3 is 47.9 Å². The number of nitrogens with zero attached hydrogens (tertiary/aromatic N) is 1. The number of carbonyl (C=O) groups is 1. The van der Waals surface area contributed by atoms with Crippen molar-refractivity contribution in [2.24, 2.45) is 0 Å². The van der Waals surface area contributed by atoms with Gasteiger partial charge in [0, 0.05) is 23.4 Å². The summed E-state index contributed by atoms with van der Waals surface area (Å²) >= 11 is 0. The first-order valence-electron chi connectivity index (χ1n) is 11.1. The number of pyridine rings is 1. The van der Waals surface area contributed by atoms with Crippen molar-refractivity contribution < 1.29 is 80.7 Å². The van der Waals surface area contributed by atoms with E-state index >= 15 is 0 Å². The molecule has 0 aliphatic heterocycles. The number of alkyl halides is 6. The van der Waals surface area contributed by atoms with Gasteiger partial charge in [-0.2, -0.15) is 26.3 Å². The number of hydrogen-bond acceptors (Lipinski definition) is 3. The quantitative estimate of drug-likeness (QED) is 0.341. The van der Waals surface area contributed by atoms with Gasteiger partial charge in [0.15, 0.2) is 5.69 Å². The van der Waals surface area contributed by atoms with Crippen LogP contribution in [0.5, 0.6) is 5.75 Å². The molecule has 202 valence electrons. The van der Waals surface area contributed by atoms with E-state index < -0.39 is 53.4 Å². The summed E-state index contributed by atoms with van der Waals surface area (Å²) in [6.45, 7) is -0.446. The van der Waals surface area contributed by atoms with Gasteiger partial charge in [-0.15, -0.1) is 0 Å². The minimum atomic E-state index is -5.03. The zero-order valence-electron chi connectivity index (χ0n) is 21.2. The molecule has 39 heavy (non-hydrogen) atoms. The van der Waals surface area contributed by atoms with Crippen LogP contribution < -0.4 is 34.3 Å². The predicted octanol–water partition coefficient (Wildman–Crippen LogP) is 4.89. The van der Waals surface area contributed by atoms with E-state index in [9.17, 15) is 45.0 Å². The van der Waals surface area contributed by atoms with Crippen LogP contribution in [0.3, 0.4) is 0 Å². The Bertz CT molecular complexity index is 1440. The summed E-state index contributed by atoms with van der Waals surface area (Å²) < 4.78 is 113. The Morgan fingerprint density at radius 3 is 2.26 bits per heavy atom. The molecule has 0 radical (unpaired) electrons. The fourth-order valence-electron chi connectivity index (χ4n) is 4.24. The van der Waals surface area contributed by atoms with E-state index in [1.54, 1.807) is 0 Å². The van der Waals surface area contributed by atoms with Crippen molar-refractivity contribution in [3.05, 3.63) is 93.8 Å². The maximum atomic E-state index is 14.1. The van der Waals surface area contributed by atoms with E-state index in [0.29, 0.717) is 23.6 Å². The van der Waals surface area contributed by atoms with E-state index in [4.69, 9.17) is 4.74 Å². The fraction of sp³-hybridized carbons (Fsp3) is 0.231. The molecule has 1 heterocycles. The van der Waals surface area contributed by atoms with Crippen molar-refractivity contribution in [1.29, 1.82) is 0 Å². The molecule has 0 spiro atoms. The van der Waals surface area contributed by atoms with Crippen LogP contribution in [0.25, 0.3) is 11.1 Å². The molecule has 0 saturated carbocycles. The molecule has 1 N–H and O–H groups in total. The van der Waals surface area contributed by atoms with Gasteiger partial charge in [-0.25, -0.2) is 13.6 Å². The van der Waals surface area contributed by atoms with Crippen LogP contribution in [-0.4, -0.2) is 16.1 Å². The summed E-state index contributed by atoms with van der Waals surface area (Å²) in [5, 5.41) is 9.31. The number of carboxylic acid groups (broad SMARTS) is 1. The molecular formula is C26H18F8NNaO3. The van der Waals surface area contributed by atoms with Gasteiger partial charge in [0.2, 0.25) is 0 Å². The van der Waals surface area contributed by atoms with Crippen molar-refractivity contribution in [1.82, 2.24) is 4.98 Å². The second-order valence-corrected chi connectivity index (χ2v) is 8.47. The number of rotatable bonds is 6. The first-order chi connectivity index (χ1) is 17.8. The third kappa shape index (κ3) is 6.79. The van der Waals surface area contributed by atoms with Crippen LogP contribution in [0.4, 0.5) is 35.1 Å². The average Bonchev–Trinajstić information content (AvgIpc) is 3.31. The van der Waals surface area contributed by atoms with Crippen LogP contribution in [0.15, 0.2) is 48.7 Å². The molecule has 1 aliphatic carbocycles. The Labute approximate surface area is 240 Å². The SMILES string of the molecule is O=C(O)c1cc(C2=C(c3cc(C(F)(F)F)ccc3OCc3ccc(F)cc3F)CCC2)cnc1C(F)(F)F.[H-].[Na+]. The van der Waals surface area contributed by atoms with E-state index in [1.807, 2.05) is 0 Å². The monoisotopic (exact) mass is 567 g/mol. The standard InChI is InChI=1S/C26H17F8NO3.Na.H/c27-16-6-4-13(21(28)10-16)12-38-22-7-5-15(25(29,30)31)9-19(22)18-3-1-2-17(18)14-8-20(24(36)37)23(35-11-14)26(32,33)34;;/h4-11H,1-3,12H2,(H,36,37);;/q;+1;-1. The number of carboxylic acids is 1. The van der Waals surface area contributed by atoms with Crippen LogP contribution in [0.2, 0.25) is 0 Å². The number of halogens is 8. The molecule has 0 unspecified atom stereocenters. The molecule has 13 heteroatoms. The zero-order chi connectivity index (χ0) is 27.8. The zero-order valence-corrected chi connectivity index (χ0v) is 22.2. The number of allylic oxidation sites excluding steroid dienone is 2. The smallest absolute Gasteiger partial charge is 1.00 e. The van der Waals surface area contributed by atoms with Crippen molar-refractivity contribution in [3.8, 4) is 5.75 Å². The summed E-state index contributed by atoms with van der Waals surface area (Å²) in [7, 11) is 0. The second kappa shape index (κ2) is 11.6. The topological polar surface area (TPSA) is 59.4 Å². The molecule has 4 rings (SSSR count). The van der Waals surface area contributed by atoms with E-state index in [1.165, 1.54) is 0 Å². The van der Waals surface area contributed by atoms with Crippen molar-refractivity contribution in [3.63, 3.8) is 0 Å². The van der Waals surface area contributed by atoms with Gasteiger partial charge in [-0.3, -0.25) is 4.98 Å². The fourth-order valence-corrected chi connectivity index (χ4v) is 4.24. The minimum Gasteiger partial charge on any atom is -1.00 e. The van der Waals surface area contributed by atoms with E-state index in [-0.39, 0.29) is 66.3 Å². The third-order valence-corrected chi connectivity index (χ3v) is 5.98. The minimum absolute atomic E-state index is 0. The maximum Gasteiger partial charge on any atom is 1.00 e. The second-order valence-electron chi connectivity index (χ2n) is 8.47. The Morgan fingerprint density at radius 1 is 0.949 bits per heavy atom. The molecule has 4 nitrogen and oxygen atoms in total. The van der Waals surface area contributed by atoms with Gasteiger partial charge in [0.05, 0.1) is 11.1 Å². The predicted molar refractivity (Wildman–Crippen MR) is 120 cm³/mol. The Morgan fingerprint density at radius 2 is 1.64 bits per heavy atom. The number of aromatic nitrogens is 1. The van der Waals surface area contributed by atoms with Gasteiger partial charge < -0.3 is 11.3 Å². The number of benzene rings is 2. The summed E-state index contributed by atoms with van der Waals surface area (Å²) in [5.74, 6) is -3.69. The molecule has 0 saturated heterocycles. The van der Waals surface area contributed by atoms with E-state index in [2.05, 4.69) is 4.98 Å². The first-order valence-corrected chi connectivity index (χ1v) is 11.1. The molecule has 1 aliphatic rings. The van der Waals surface area contributed by atoms with Gasteiger partial charge in [0.25, 0.3) is 0 Å². The summed E-state index contributed by atoms with van der Waals surface area (Å²) in [6.07, 6.45) is -8.09. The van der Waals surface area contributed by atoms with Gasteiger partial charge in [-0.1, -0.05) is 0 Å². The molecule has 0 atom stereocenters. The van der Waals surface area contributed by atoms with Crippen LogP contribution in [0, 0.1) is 11.6 Å². The van der Waals surface area contributed by atoms with Gasteiger partial charge in [0.1, 0.15) is 24.0 Å². The van der Waals surface area contributed by atoms with Crippen LogP contribution >= 0.6 is 0 Å². The molecule has 2 aromatic carbocycles. The number of aromatic carboxylic acids is 1. The van der Waals surface area contributed by atoms with Crippen molar-refractivity contribution >= 4 is 17.1 Å². The Hall–Kier alpha value is -2.96. The molecule has 3 aromatic rings. The molecule has 1 aromatic heterocycles. The van der Waals surface area contributed by atoms with E-state index in [0.717, 1.165) is 42.6 Å². The Balaban J connectivity index is 0.00000280. The number of ether oxygens (including phenoxy) is 1. The average molecular weight is 567 g/mol. The van der Waals surface area contributed by atoms with Gasteiger partial charge in [-0.05, 0) is 72.4 Å². The Kier molecular flexibility index (Phi) is 9.13. The van der Waals surface area contributed by atoms with Crippen LogP contribution in [0.1, 0.15) is 59.0 Å². The summed E-state index contributed by atoms with van der Waals surface area (Å²) in [5.41, 5.74) is -3.20. The van der Waals surface area contributed by atoms with Crippen LogP contribution in [-0.2, 0) is 19.0 Å². The number of hydrogen-bond donors (Lipinski definition) is 1. The maximum absolute atomic E-state index is 14.1. The first kappa shape index (κ1) is 30.6. The van der Waals surface area contributed by atoms with Crippen molar-refractivity contribution in [2.75, 3.05) is 0 Å².